The van der Waals surface area contributed by atoms with E-state index >= 15 is 0 Å². The van der Waals surface area contributed by atoms with Crippen molar-refractivity contribution in [1.82, 2.24) is 14.8 Å². The van der Waals surface area contributed by atoms with Crippen molar-refractivity contribution in [3.8, 4) is 0 Å². The average Bonchev–Trinajstić information content (AvgIpc) is 2.97. The number of carbonyl (C=O) groups excluding carboxylic acids is 1. The summed E-state index contributed by atoms with van der Waals surface area (Å²) in [6, 6.07) is 16.2. The Balaban J connectivity index is 1.64. The van der Waals surface area contributed by atoms with Crippen molar-refractivity contribution in [2.24, 2.45) is 0 Å². The molecule has 2 aromatic carbocycles. The summed E-state index contributed by atoms with van der Waals surface area (Å²) >= 11 is 1.40. The van der Waals surface area contributed by atoms with E-state index in [1.54, 1.807) is 0 Å². The third-order valence-electron chi connectivity index (χ3n) is 4.08. The molecule has 1 amide bonds. The Morgan fingerprint density at radius 1 is 1.08 bits per heavy atom. The summed E-state index contributed by atoms with van der Waals surface area (Å²) < 4.78 is 2.03. The van der Waals surface area contributed by atoms with Gasteiger partial charge in [0.25, 0.3) is 0 Å². The van der Waals surface area contributed by atoms with Crippen LogP contribution in [0, 0.1) is 20.8 Å². The molecule has 0 atom stereocenters. The van der Waals surface area contributed by atoms with Gasteiger partial charge in [-0.3, -0.25) is 4.79 Å². The fourth-order valence-corrected chi connectivity index (χ4v) is 3.39. The van der Waals surface area contributed by atoms with Gasteiger partial charge >= 0.3 is 0 Å². The molecule has 0 bridgehead atoms. The molecule has 26 heavy (non-hydrogen) atoms. The molecule has 1 aromatic heterocycles. The SMILES string of the molecule is Cc1ccc(C)c(NC(=O)CSc2nnc(C)n2Cc2ccccc2)c1. The number of nitrogens with one attached hydrogen (secondary N) is 1. The number of anilines is 1. The van der Waals surface area contributed by atoms with Crippen molar-refractivity contribution in [2.75, 3.05) is 11.1 Å². The highest BCUT2D eigenvalue weighted by atomic mass is 32.2. The number of hydrogen-bond acceptors (Lipinski definition) is 4. The second kappa shape index (κ2) is 8.19. The van der Waals surface area contributed by atoms with Crippen LogP contribution >= 0.6 is 11.8 Å². The first kappa shape index (κ1) is 18.2. The fraction of sp³-hybridized carbons (Fsp3) is 0.250. The van der Waals surface area contributed by atoms with E-state index in [1.165, 1.54) is 17.3 Å². The lowest BCUT2D eigenvalue weighted by molar-refractivity contribution is -0.113. The van der Waals surface area contributed by atoms with E-state index in [4.69, 9.17) is 0 Å². The van der Waals surface area contributed by atoms with Gasteiger partial charge in [-0.15, -0.1) is 10.2 Å². The highest BCUT2D eigenvalue weighted by Gasteiger charge is 2.13. The lowest BCUT2D eigenvalue weighted by Crippen LogP contribution is -2.15. The average molecular weight is 366 g/mol. The third kappa shape index (κ3) is 4.52. The number of hydrogen-bond donors (Lipinski definition) is 1. The predicted molar refractivity (Wildman–Crippen MR) is 106 cm³/mol. The number of thioether (sulfide) groups is 1. The van der Waals surface area contributed by atoms with Crippen LogP contribution in [0.5, 0.6) is 0 Å². The Morgan fingerprint density at radius 3 is 2.62 bits per heavy atom. The van der Waals surface area contributed by atoms with Crippen molar-refractivity contribution in [3.63, 3.8) is 0 Å². The van der Waals surface area contributed by atoms with E-state index in [0.717, 1.165) is 27.8 Å². The van der Waals surface area contributed by atoms with Crippen LogP contribution in [0.15, 0.2) is 53.7 Å². The van der Waals surface area contributed by atoms with Crippen LogP contribution in [-0.2, 0) is 11.3 Å². The van der Waals surface area contributed by atoms with E-state index in [1.807, 2.05) is 61.7 Å². The molecule has 0 aliphatic rings. The summed E-state index contributed by atoms with van der Waals surface area (Å²) in [4.78, 5) is 12.3. The number of carbonyl (C=O) groups is 1. The molecule has 1 heterocycles. The molecule has 0 saturated heterocycles. The van der Waals surface area contributed by atoms with Crippen molar-refractivity contribution in [2.45, 2.75) is 32.5 Å². The Kier molecular flexibility index (Phi) is 5.73. The molecule has 3 aromatic rings. The van der Waals surface area contributed by atoms with E-state index in [2.05, 4.69) is 27.6 Å². The van der Waals surface area contributed by atoms with E-state index < -0.39 is 0 Å². The smallest absolute Gasteiger partial charge is 0.234 e. The largest absolute Gasteiger partial charge is 0.325 e. The Hall–Kier alpha value is -2.60. The zero-order valence-corrected chi connectivity index (χ0v) is 16.0. The molecule has 1 N–H and O–H groups in total. The Morgan fingerprint density at radius 2 is 1.85 bits per heavy atom. The molecule has 3 rings (SSSR count). The van der Waals surface area contributed by atoms with Crippen LogP contribution < -0.4 is 5.32 Å². The van der Waals surface area contributed by atoms with Gasteiger partial charge < -0.3 is 9.88 Å². The number of benzene rings is 2. The molecule has 5 nitrogen and oxygen atoms in total. The number of nitrogens with zero attached hydrogens (tertiary/aromatic N) is 3. The van der Waals surface area contributed by atoms with Gasteiger partial charge in [0, 0.05) is 5.69 Å². The van der Waals surface area contributed by atoms with E-state index in [-0.39, 0.29) is 5.91 Å². The summed E-state index contributed by atoms with van der Waals surface area (Å²) in [5.74, 6) is 1.09. The van der Waals surface area contributed by atoms with E-state index in [9.17, 15) is 4.79 Å². The molecule has 0 aliphatic carbocycles. The Bertz CT molecular complexity index is 905. The van der Waals surface area contributed by atoms with E-state index in [0.29, 0.717) is 12.3 Å². The number of rotatable bonds is 6. The summed E-state index contributed by atoms with van der Waals surface area (Å²) in [5, 5.41) is 12.1. The van der Waals surface area contributed by atoms with Gasteiger partial charge in [0.2, 0.25) is 5.91 Å². The molecule has 6 heteroatoms. The van der Waals surface area contributed by atoms with Crippen LogP contribution in [0.25, 0.3) is 0 Å². The minimum atomic E-state index is -0.0457. The summed E-state index contributed by atoms with van der Waals surface area (Å²) in [6.45, 7) is 6.62. The standard InChI is InChI=1S/C20H22N4OS/c1-14-9-10-15(2)18(11-14)21-19(25)13-26-20-23-22-16(3)24(20)12-17-7-5-4-6-8-17/h4-11H,12-13H2,1-3H3,(H,21,25). The van der Waals surface area contributed by atoms with Gasteiger partial charge in [0.1, 0.15) is 5.82 Å². The van der Waals surface area contributed by atoms with Crippen molar-refractivity contribution < 1.29 is 4.79 Å². The topological polar surface area (TPSA) is 59.8 Å². The first-order valence-electron chi connectivity index (χ1n) is 8.46. The highest BCUT2D eigenvalue weighted by Crippen LogP contribution is 2.20. The van der Waals surface area contributed by atoms with Crippen LogP contribution in [0.3, 0.4) is 0 Å². The molecular weight excluding hydrogens is 344 g/mol. The van der Waals surface area contributed by atoms with Crippen LogP contribution in [0.2, 0.25) is 0 Å². The first-order valence-corrected chi connectivity index (χ1v) is 9.45. The van der Waals surface area contributed by atoms with Crippen molar-refractivity contribution in [1.29, 1.82) is 0 Å². The zero-order chi connectivity index (χ0) is 18.5. The molecule has 0 radical (unpaired) electrons. The van der Waals surface area contributed by atoms with Crippen LogP contribution in [0.4, 0.5) is 5.69 Å². The van der Waals surface area contributed by atoms with Gasteiger partial charge in [-0.1, -0.05) is 54.2 Å². The lowest BCUT2D eigenvalue weighted by Gasteiger charge is -2.10. The summed E-state index contributed by atoms with van der Waals surface area (Å²) in [7, 11) is 0. The van der Waals surface area contributed by atoms with Crippen LogP contribution in [-0.4, -0.2) is 26.4 Å². The molecule has 0 fully saturated rings. The zero-order valence-electron chi connectivity index (χ0n) is 15.2. The quantitative estimate of drug-likeness (QED) is 0.670. The predicted octanol–water partition coefficient (Wildman–Crippen LogP) is 3.98. The molecular formula is C20H22N4OS. The third-order valence-corrected chi connectivity index (χ3v) is 5.05. The maximum atomic E-state index is 12.3. The van der Waals surface area contributed by atoms with Gasteiger partial charge in [-0.25, -0.2) is 0 Å². The van der Waals surface area contributed by atoms with Gasteiger partial charge in [0.05, 0.1) is 12.3 Å². The van der Waals surface area contributed by atoms with Crippen LogP contribution in [0.1, 0.15) is 22.5 Å². The number of aromatic nitrogens is 3. The number of aryl methyl sites for hydroxylation is 3. The fourth-order valence-electron chi connectivity index (χ4n) is 2.60. The minimum Gasteiger partial charge on any atom is -0.325 e. The minimum absolute atomic E-state index is 0.0457. The highest BCUT2D eigenvalue weighted by molar-refractivity contribution is 7.99. The normalized spacial score (nSPS) is 10.7. The lowest BCUT2D eigenvalue weighted by atomic mass is 10.1. The molecule has 0 spiro atoms. The molecule has 0 aliphatic heterocycles. The van der Waals surface area contributed by atoms with Crippen molar-refractivity contribution in [3.05, 3.63) is 71.0 Å². The van der Waals surface area contributed by atoms with Gasteiger partial charge in [-0.2, -0.15) is 0 Å². The summed E-state index contributed by atoms with van der Waals surface area (Å²) in [6.07, 6.45) is 0. The summed E-state index contributed by atoms with van der Waals surface area (Å²) in [5.41, 5.74) is 4.21. The van der Waals surface area contributed by atoms with Gasteiger partial charge in [-0.05, 0) is 43.5 Å². The first-order chi connectivity index (χ1) is 12.5. The number of amides is 1. The van der Waals surface area contributed by atoms with Crippen molar-refractivity contribution >= 4 is 23.4 Å². The maximum Gasteiger partial charge on any atom is 0.234 e. The second-order valence-electron chi connectivity index (χ2n) is 6.26. The van der Waals surface area contributed by atoms with Gasteiger partial charge in [0.15, 0.2) is 5.16 Å². The molecule has 0 unspecified atom stereocenters. The molecule has 0 saturated carbocycles. The molecule has 134 valence electrons. The second-order valence-corrected chi connectivity index (χ2v) is 7.20. The maximum absolute atomic E-state index is 12.3. The Labute approximate surface area is 157 Å². The monoisotopic (exact) mass is 366 g/mol.